The van der Waals surface area contributed by atoms with Crippen LogP contribution in [0.4, 0.5) is 0 Å². The van der Waals surface area contributed by atoms with E-state index >= 15 is 0 Å². The van der Waals surface area contributed by atoms with Crippen LogP contribution in [0.1, 0.15) is 36.0 Å². The number of carbonyl (C=O) groups excluding carboxylic acids is 1. The van der Waals surface area contributed by atoms with Crippen molar-refractivity contribution < 1.29 is 9.90 Å². The minimum atomic E-state index is -0.398. The molecule has 1 aromatic rings. The fourth-order valence-electron chi connectivity index (χ4n) is 2.40. The van der Waals surface area contributed by atoms with Crippen molar-refractivity contribution in [2.75, 3.05) is 6.54 Å². The Morgan fingerprint density at radius 1 is 1.29 bits per heavy atom. The van der Waals surface area contributed by atoms with Crippen molar-refractivity contribution in [1.29, 1.82) is 0 Å². The predicted molar refractivity (Wildman–Crippen MR) is 66.7 cm³/mol. The fourth-order valence-corrected chi connectivity index (χ4v) is 2.40. The van der Waals surface area contributed by atoms with Gasteiger partial charge in [-0.1, -0.05) is 31.0 Å². The zero-order valence-electron chi connectivity index (χ0n) is 9.93. The van der Waals surface area contributed by atoms with Gasteiger partial charge in [0.1, 0.15) is 0 Å². The first kappa shape index (κ1) is 12.1. The quantitative estimate of drug-likeness (QED) is 0.835. The number of benzene rings is 1. The molecule has 1 saturated carbocycles. The first-order valence-corrected chi connectivity index (χ1v) is 6.28. The van der Waals surface area contributed by atoms with Gasteiger partial charge in [-0.2, -0.15) is 0 Å². The van der Waals surface area contributed by atoms with Gasteiger partial charge in [0, 0.05) is 12.1 Å². The molecule has 0 aromatic heterocycles. The van der Waals surface area contributed by atoms with E-state index in [-0.39, 0.29) is 5.91 Å². The molecule has 0 heterocycles. The van der Waals surface area contributed by atoms with E-state index in [4.69, 9.17) is 0 Å². The summed E-state index contributed by atoms with van der Waals surface area (Å²) in [5.41, 5.74) is 0.645. The highest BCUT2D eigenvalue weighted by atomic mass is 16.3. The minimum Gasteiger partial charge on any atom is -0.391 e. The summed E-state index contributed by atoms with van der Waals surface area (Å²) in [5.74, 6) is 0.258. The summed E-state index contributed by atoms with van der Waals surface area (Å²) in [4.78, 5) is 11.7. The first-order valence-electron chi connectivity index (χ1n) is 6.28. The van der Waals surface area contributed by atoms with Crippen molar-refractivity contribution in [2.45, 2.75) is 31.8 Å². The average Bonchev–Trinajstić information content (AvgIpc) is 2.90. The molecule has 17 heavy (non-hydrogen) atoms. The summed E-state index contributed by atoms with van der Waals surface area (Å²) in [6.45, 7) is 0.360. The van der Waals surface area contributed by atoms with Crippen LogP contribution < -0.4 is 5.32 Å². The van der Waals surface area contributed by atoms with E-state index in [1.807, 2.05) is 18.2 Å². The molecule has 0 spiro atoms. The Bertz CT molecular complexity index is 358. The Kier molecular flexibility index (Phi) is 4.15. The monoisotopic (exact) mass is 233 g/mol. The lowest BCUT2D eigenvalue weighted by atomic mass is 10.0. The van der Waals surface area contributed by atoms with Gasteiger partial charge in [0.25, 0.3) is 5.91 Å². The van der Waals surface area contributed by atoms with Gasteiger partial charge < -0.3 is 10.4 Å². The van der Waals surface area contributed by atoms with Gasteiger partial charge in [-0.05, 0) is 30.9 Å². The fraction of sp³-hybridized carbons (Fsp3) is 0.500. The maximum Gasteiger partial charge on any atom is 0.251 e. The Balaban J connectivity index is 1.80. The highest BCUT2D eigenvalue weighted by Gasteiger charge is 2.23. The number of rotatable bonds is 4. The van der Waals surface area contributed by atoms with E-state index in [0.29, 0.717) is 18.0 Å². The third-order valence-electron chi connectivity index (χ3n) is 3.45. The molecule has 1 atom stereocenters. The second-order valence-electron chi connectivity index (χ2n) is 4.69. The molecule has 1 aliphatic rings. The molecule has 1 unspecified atom stereocenters. The lowest BCUT2D eigenvalue weighted by Crippen LogP contribution is -2.35. The third kappa shape index (κ3) is 3.30. The van der Waals surface area contributed by atoms with Crippen molar-refractivity contribution in [2.24, 2.45) is 5.92 Å². The zero-order chi connectivity index (χ0) is 12.1. The summed E-state index contributed by atoms with van der Waals surface area (Å²) >= 11 is 0. The maximum atomic E-state index is 11.7. The van der Waals surface area contributed by atoms with Crippen LogP contribution in [-0.2, 0) is 0 Å². The molecule has 2 N–H and O–H groups in total. The molecular weight excluding hydrogens is 214 g/mol. The van der Waals surface area contributed by atoms with Gasteiger partial charge in [0.15, 0.2) is 0 Å². The Hall–Kier alpha value is -1.35. The molecule has 1 amide bonds. The van der Waals surface area contributed by atoms with Crippen LogP contribution in [0.3, 0.4) is 0 Å². The van der Waals surface area contributed by atoms with Crippen LogP contribution in [0.25, 0.3) is 0 Å². The average molecular weight is 233 g/mol. The number of hydrogen-bond donors (Lipinski definition) is 2. The van der Waals surface area contributed by atoms with Crippen LogP contribution in [0.5, 0.6) is 0 Å². The van der Waals surface area contributed by atoms with Crippen LogP contribution in [0.15, 0.2) is 30.3 Å². The summed E-state index contributed by atoms with van der Waals surface area (Å²) in [6, 6.07) is 9.10. The van der Waals surface area contributed by atoms with Crippen LogP contribution in [-0.4, -0.2) is 23.7 Å². The zero-order valence-corrected chi connectivity index (χ0v) is 9.93. The normalized spacial score (nSPS) is 17.9. The van der Waals surface area contributed by atoms with Crippen molar-refractivity contribution in [1.82, 2.24) is 5.32 Å². The number of carbonyl (C=O) groups is 1. The molecule has 0 radical (unpaired) electrons. The Morgan fingerprint density at radius 3 is 2.59 bits per heavy atom. The van der Waals surface area contributed by atoms with Gasteiger partial charge in [-0.3, -0.25) is 4.79 Å². The number of nitrogens with one attached hydrogen (secondary N) is 1. The molecular formula is C14H19NO2. The third-order valence-corrected chi connectivity index (χ3v) is 3.45. The van der Waals surface area contributed by atoms with E-state index in [2.05, 4.69) is 5.32 Å². The lowest BCUT2D eigenvalue weighted by Gasteiger charge is -2.18. The molecule has 1 aromatic carbocycles. The Labute approximate surface area is 102 Å². The molecule has 1 fully saturated rings. The van der Waals surface area contributed by atoms with Crippen LogP contribution in [0, 0.1) is 5.92 Å². The molecule has 3 nitrogen and oxygen atoms in total. The molecule has 92 valence electrons. The van der Waals surface area contributed by atoms with E-state index < -0.39 is 6.10 Å². The second-order valence-corrected chi connectivity index (χ2v) is 4.69. The smallest absolute Gasteiger partial charge is 0.251 e. The first-order chi connectivity index (χ1) is 8.27. The standard InChI is InChI=1S/C14H19NO2/c16-13(11-6-4-5-7-11)10-15-14(17)12-8-2-1-3-9-12/h1-3,8-9,11,13,16H,4-7,10H2,(H,15,17). The van der Waals surface area contributed by atoms with E-state index in [9.17, 15) is 9.90 Å². The molecule has 2 rings (SSSR count). The molecule has 0 aliphatic heterocycles. The minimum absolute atomic E-state index is 0.109. The van der Waals surface area contributed by atoms with E-state index in [1.165, 1.54) is 12.8 Å². The van der Waals surface area contributed by atoms with Gasteiger partial charge in [0.05, 0.1) is 6.10 Å². The van der Waals surface area contributed by atoms with E-state index in [1.54, 1.807) is 12.1 Å². The van der Waals surface area contributed by atoms with Gasteiger partial charge in [0.2, 0.25) is 0 Å². The number of hydrogen-bond acceptors (Lipinski definition) is 2. The highest BCUT2D eigenvalue weighted by molar-refractivity contribution is 5.94. The summed E-state index contributed by atoms with van der Waals surface area (Å²) in [7, 11) is 0. The number of amides is 1. The van der Waals surface area contributed by atoms with Crippen LogP contribution >= 0.6 is 0 Å². The topological polar surface area (TPSA) is 49.3 Å². The summed E-state index contributed by atoms with van der Waals surface area (Å²) in [6.07, 6.45) is 4.18. The number of aliphatic hydroxyl groups excluding tert-OH is 1. The number of aliphatic hydroxyl groups is 1. The van der Waals surface area contributed by atoms with Gasteiger partial charge in [-0.15, -0.1) is 0 Å². The summed E-state index contributed by atoms with van der Waals surface area (Å²) in [5, 5.41) is 12.7. The Morgan fingerprint density at radius 2 is 1.94 bits per heavy atom. The predicted octanol–water partition coefficient (Wildman–Crippen LogP) is 1.97. The molecule has 3 heteroatoms. The second kappa shape index (κ2) is 5.82. The van der Waals surface area contributed by atoms with Gasteiger partial charge in [-0.25, -0.2) is 0 Å². The lowest BCUT2D eigenvalue weighted by molar-refractivity contribution is 0.0840. The SMILES string of the molecule is O=C(NCC(O)C1CCCC1)c1ccccc1. The molecule has 1 aliphatic carbocycles. The van der Waals surface area contributed by atoms with Crippen molar-refractivity contribution in [3.05, 3.63) is 35.9 Å². The van der Waals surface area contributed by atoms with Crippen molar-refractivity contribution in [3.8, 4) is 0 Å². The molecule has 0 bridgehead atoms. The molecule has 0 saturated heterocycles. The van der Waals surface area contributed by atoms with Gasteiger partial charge >= 0.3 is 0 Å². The highest BCUT2D eigenvalue weighted by Crippen LogP contribution is 2.27. The van der Waals surface area contributed by atoms with Crippen molar-refractivity contribution in [3.63, 3.8) is 0 Å². The summed E-state index contributed by atoms with van der Waals surface area (Å²) < 4.78 is 0. The van der Waals surface area contributed by atoms with Crippen molar-refractivity contribution >= 4 is 5.91 Å². The largest absolute Gasteiger partial charge is 0.391 e. The van der Waals surface area contributed by atoms with Crippen LogP contribution in [0.2, 0.25) is 0 Å². The maximum absolute atomic E-state index is 11.7. The van der Waals surface area contributed by atoms with E-state index in [0.717, 1.165) is 12.8 Å².